The van der Waals surface area contributed by atoms with E-state index in [1.54, 1.807) is 24.7 Å². The van der Waals surface area contributed by atoms with E-state index in [1.807, 2.05) is 18.2 Å². The van der Waals surface area contributed by atoms with E-state index in [0.717, 1.165) is 11.1 Å². The third kappa shape index (κ3) is 2.42. The molecule has 0 radical (unpaired) electrons. The van der Waals surface area contributed by atoms with Gasteiger partial charge in [0.15, 0.2) is 0 Å². The van der Waals surface area contributed by atoms with Crippen LogP contribution in [-0.2, 0) is 11.2 Å². The molecule has 16 heavy (non-hydrogen) atoms. The van der Waals surface area contributed by atoms with E-state index >= 15 is 0 Å². The van der Waals surface area contributed by atoms with Crippen LogP contribution in [0, 0.1) is 0 Å². The van der Waals surface area contributed by atoms with Crippen molar-refractivity contribution in [3.05, 3.63) is 48.5 Å². The lowest BCUT2D eigenvalue weighted by atomic mass is 10.1. The van der Waals surface area contributed by atoms with Gasteiger partial charge in [-0.1, -0.05) is 6.07 Å². The zero-order valence-electron chi connectivity index (χ0n) is 8.50. The predicted molar refractivity (Wildman–Crippen MR) is 58.8 cm³/mol. The Hall–Kier alpha value is -2.23. The lowest BCUT2D eigenvalue weighted by Gasteiger charge is -2.01. The summed E-state index contributed by atoms with van der Waals surface area (Å²) in [7, 11) is 0. The molecule has 80 valence electrons. The normalized spacial score (nSPS) is 10.0. The van der Waals surface area contributed by atoms with Gasteiger partial charge in [-0.15, -0.1) is 0 Å². The van der Waals surface area contributed by atoms with Gasteiger partial charge in [-0.05, 0) is 23.8 Å². The molecule has 0 spiro atoms. The van der Waals surface area contributed by atoms with Crippen LogP contribution < -0.4 is 0 Å². The Morgan fingerprint density at radius 1 is 1.12 bits per heavy atom. The minimum Gasteiger partial charge on any atom is -0.481 e. The van der Waals surface area contributed by atoms with E-state index in [2.05, 4.69) is 9.97 Å². The van der Waals surface area contributed by atoms with Crippen LogP contribution in [0.25, 0.3) is 11.1 Å². The van der Waals surface area contributed by atoms with Gasteiger partial charge in [0.05, 0.1) is 12.1 Å². The van der Waals surface area contributed by atoms with Crippen molar-refractivity contribution in [2.45, 2.75) is 6.42 Å². The molecule has 0 aliphatic rings. The lowest BCUT2D eigenvalue weighted by molar-refractivity contribution is -0.136. The van der Waals surface area contributed by atoms with Crippen molar-refractivity contribution >= 4 is 5.97 Å². The molecule has 1 N–H and O–H groups in total. The van der Waals surface area contributed by atoms with E-state index < -0.39 is 5.97 Å². The van der Waals surface area contributed by atoms with Gasteiger partial charge in [-0.2, -0.15) is 0 Å². The maximum atomic E-state index is 10.5. The molecule has 4 nitrogen and oxygen atoms in total. The average Bonchev–Trinajstić information content (AvgIpc) is 2.30. The Balaban J connectivity index is 2.23. The summed E-state index contributed by atoms with van der Waals surface area (Å²) in [6.07, 6.45) is 5.05. The standard InChI is InChI=1S/C12H10N2O2/c15-12(16)7-11-2-1-10(8-14-11)9-3-5-13-6-4-9/h1-6,8H,7H2,(H,15,16). The predicted octanol–water partition coefficient (Wildman–Crippen LogP) is 1.77. The quantitative estimate of drug-likeness (QED) is 0.845. The molecule has 0 bridgehead atoms. The second kappa shape index (κ2) is 4.53. The van der Waals surface area contributed by atoms with Gasteiger partial charge < -0.3 is 5.11 Å². The summed E-state index contributed by atoms with van der Waals surface area (Å²) in [6.45, 7) is 0. The number of rotatable bonds is 3. The van der Waals surface area contributed by atoms with Gasteiger partial charge in [0.2, 0.25) is 0 Å². The minimum atomic E-state index is -0.871. The van der Waals surface area contributed by atoms with Crippen LogP contribution in [0.3, 0.4) is 0 Å². The second-order valence-electron chi connectivity index (χ2n) is 3.34. The smallest absolute Gasteiger partial charge is 0.309 e. The fourth-order valence-corrected chi connectivity index (χ4v) is 1.40. The molecule has 0 aliphatic carbocycles. The summed E-state index contributed by atoms with van der Waals surface area (Å²) < 4.78 is 0. The minimum absolute atomic E-state index is 0.0450. The maximum absolute atomic E-state index is 10.5. The van der Waals surface area contributed by atoms with Crippen LogP contribution in [0.2, 0.25) is 0 Å². The number of carbonyl (C=O) groups is 1. The Kier molecular flexibility index (Phi) is 2.91. The molecule has 0 fully saturated rings. The zero-order valence-corrected chi connectivity index (χ0v) is 8.50. The Morgan fingerprint density at radius 3 is 2.44 bits per heavy atom. The molecule has 2 rings (SSSR count). The van der Waals surface area contributed by atoms with Gasteiger partial charge in [0.1, 0.15) is 0 Å². The summed E-state index contributed by atoms with van der Waals surface area (Å²) in [5.74, 6) is -0.871. The van der Waals surface area contributed by atoms with Gasteiger partial charge in [0.25, 0.3) is 0 Å². The van der Waals surface area contributed by atoms with Crippen LogP contribution in [0.4, 0.5) is 0 Å². The number of aromatic nitrogens is 2. The van der Waals surface area contributed by atoms with Crippen molar-refractivity contribution in [2.24, 2.45) is 0 Å². The van der Waals surface area contributed by atoms with Crippen molar-refractivity contribution in [3.63, 3.8) is 0 Å². The van der Waals surface area contributed by atoms with Crippen LogP contribution in [0.5, 0.6) is 0 Å². The molecule has 0 aliphatic heterocycles. The van der Waals surface area contributed by atoms with E-state index in [0.29, 0.717) is 5.69 Å². The lowest BCUT2D eigenvalue weighted by Crippen LogP contribution is -2.01. The zero-order chi connectivity index (χ0) is 11.4. The molecule has 0 atom stereocenters. The molecule has 0 unspecified atom stereocenters. The number of carboxylic acid groups (broad SMARTS) is 1. The second-order valence-corrected chi connectivity index (χ2v) is 3.34. The molecule has 0 saturated heterocycles. The van der Waals surface area contributed by atoms with E-state index in [1.165, 1.54) is 0 Å². The molecular formula is C12H10N2O2. The van der Waals surface area contributed by atoms with Crippen LogP contribution >= 0.6 is 0 Å². The largest absolute Gasteiger partial charge is 0.481 e. The van der Waals surface area contributed by atoms with E-state index in [-0.39, 0.29) is 6.42 Å². The number of hydrogen-bond donors (Lipinski definition) is 1. The number of hydrogen-bond acceptors (Lipinski definition) is 3. The van der Waals surface area contributed by atoms with Crippen molar-refractivity contribution in [1.82, 2.24) is 9.97 Å². The summed E-state index contributed by atoms with van der Waals surface area (Å²) in [6, 6.07) is 7.35. The Labute approximate surface area is 92.6 Å². The van der Waals surface area contributed by atoms with Gasteiger partial charge >= 0.3 is 5.97 Å². The number of carboxylic acids is 1. The average molecular weight is 214 g/mol. The fraction of sp³-hybridized carbons (Fsp3) is 0.0833. The number of aliphatic carboxylic acids is 1. The summed E-state index contributed by atoms with van der Waals surface area (Å²) >= 11 is 0. The third-order valence-corrected chi connectivity index (χ3v) is 2.17. The highest BCUT2D eigenvalue weighted by Gasteiger charge is 2.02. The van der Waals surface area contributed by atoms with Crippen molar-refractivity contribution in [2.75, 3.05) is 0 Å². The molecule has 0 saturated carbocycles. The van der Waals surface area contributed by atoms with Crippen LogP contribution in [-0.4, -0.2) is 21.0 Å². The maximum Gasteiger partial charge on any atom is 0.309 e. The number of nitrogens with zero attached hydrogens (tertiary/aromatic N) is 2. The molecular weight excluding hydrogens is 204 g/mol. The first kappa shape index (κ1) is 10.3. The van der Waals surface area contributed by atoms with Crippen LogP contribution in [0.1, 0.15) is 5.69 Å². The highest BCUT2D eigenvalue weighted by Crippen LogP contribution is 2.16. The van der Waals surface area contributed by atoms with Gasteiger partial charge in [-0.25, -0.2) is 0 Å². The fourth-order valence-electron chi connectivity index (χ4n) is 1.40. The first-order chi connectivity index (χ1) is 7.75. The first-order valence-electron chi connectivity index (χ1n) is 4.83. The van der Waals surface area contributed by atoms with Gasteiger partial charge in [0, 0.05) is 24.2 Å². The van der Waals surface area contributed by atoms with E-state index in [9.17, 15) is 4.79 Å². The highest BCUT2D eigenvalue weighted by atomic mass is 16.4. The highest BCUT2D eigenvalue weighted by molar-refractivity contribution is 5.70. The molecule has 0 amide bonds. The third-order valence-electron chi connectivity index (χ3n) is 2.17. The monoisotopic (exact) mass is 214 g/mol. The molecule has 2 aromatic rings. The van der Waals surface area contributed by atoms with Crippen LogP contribution in [0.15, 0.2) is 42.9 Å². The van der Waals surface area contributed by atoms with Crippen molar-refractivity contribution < 1.29 is 9.90 Å². The van der Waals surface area contributed by atoms with Crippen molar-refractivity contribution in [1.29, 1.82) is 0 Å². The summed E-state index contributed by atoms with van der Waals surface area (Å²) in [5, 5.41) is 8.60. The Morgan fingerprint density at radius 2 is 1.88 bits per heavy atom. The first-order valence-corrected chi connectivity index (χ1v) is 4.83. The molecule has 0 aromatic carbocycles. The van der Waals surface area contributed by atoms with Crippen molar-refractivity contribution in [3.8, 4) is 11.1 Å². The topological polar surface area (TPSA) is 63.1 Å². The molecule has 4 heteroatoms. The summed E-state index contributed by atoms with van der Waals surface area (Å²) in [4.78, 5) is 18.5. The molecule has 2 heterocycles. The number of pyridine rings is 2. The van der Waals surface area contributed by atoms with E-state index in [4.69, 9.17) is 5.11 Å². The molecule has 2 aromatic heterocycles. The Bertz CT molecular complexity index is 480. The SMILES string of the molecule is O=C(O)Cc1ccc(-c2ccncc2)cn1. The summed E-state index contributed by atoms with van der Waals surface area (Å²) in [5.41, 5.74) is 2.53. The van der Waals surface area contributed by atoms with Gasteiger partial charge in [-0.3, -0.25) is 14.8 Å².